The number of benzene rings is 1. The van der Waals surface area contributed by atoms with Gasteiger partial charge in [-0.25, -0.2) is 0 Å². The molecule has 1 aromatic carbocycles. The summed E-state index contributed by atoms with van der Waals surface area (Å²) in [6.45, 7) is 6.06. The first-order valence-corrected chi connectivity index (χ1v) is 8.72. The minimum atomic E-state index is -0.883. The van der Waals surface area contributed by atoms with Crippen molar-refractivity contribution in [2.75, 3.05) is 0 Å². The summed E-state index contributed by atoms with van der Waals surface area (Å²) >= 11 is 3.34. The van der Waals surface area contributed by atoms with E-state index in [4.69, 9.17) is 0 Å². The highest BCUT2D eigenvalue weighted by molar-refractivity contribution is 9.10. The minimum absolute atomic E-state index is 0.253. The quantitative estimate of drug-likeness (QED) is 0.685. The molecular weight excluding hydrogens is 372 g/mol. The topological polar surface area (TPSA) is 78.4 Å². The van der Waals surface area contributed by atoms with E-state index < -0.39 is 16.8 Å². The highest BCUT2D eigenvalue weighted by Crippen LogP contribution is 2.70. The first-order valence-electron chi connectivity index (χ1n) is 7.93. The van der Waals surface area contributed by atoms with Crippen molar-refractivity contribution in [1.29, 1.82) is 0 Å². The van der Waals surface area contributed by atoms with Gasteiger partial charge in [0, 0.05) is 21.1 Å². The van der Waals surface area contributed by atoms with Gasteiger partial charge in [-0.15, -0.1) is 0 Å². The molecule has 1 amide bonds. The van der Waals surface area contributed by atoms with Crippen LogP contribution in [0.15, 0.2) is 40.5 Å². The third kappa shape index (κ3) is 2.12. The Balaban J connectivity index is 1.80. The lowest BCUT2D eigenvalue weighted by Crippen LogP contribution is -2.44. The standard InChI is InChI=1S/C18H21BrN2O3/c1-16(2)17(3)8-9-18(16,15(23)24)10-13(17)20-21-14(22)11-4-6-12(19)7-5-11/h4-7,10,20H,8-9H2,1-3H3,(H,21,22)(H,23,24)/t17-,18+/m1/s1. The molecule has 2 aliphatic rings. The summed E-state index contributed by atoms with van der Waals surface area (Å²) < 4.78 is 0.903. The second kappa shape index (κ2) is 5.34. The monoisotopic (exact) mass is 392 g/mol. The van der Waals surface area contributed by atoms with Gasteiger partial charge in [-0.1, -0.05) is 36.7 Å². The summed E-state index contributed by atoms with van der Waals surface area (Å²) in [6.07, 6.45) is 3.19. The smallest absolute Gasteiger partial charge is 0.314 e. The van der Waals surface area contributed by atoms with Gasteiger partial charge in [0.15, 0.2) is 0 Å². The predicted octanol–water partition coefficient (Wildman–Crippen LogP) is 3.48. The van der Waals surface area contributed by atoms with Gasteiger partial charge in [-0.3, -0.25) is 15.0 Å². The van der Waals surface area contributed by atoms with Crippen LogP contribution in [0.5, 0.6) is 0 Å². The molecule has 3 rings (SSSR count). The number of aliphatic carboxylic acids is 1. The van der Waals surface area contributed by atoms with E-state index in [-0.39, 0.29) is 11.3 Å². The summed E-state index contributed by atoms with van der Waals surface area (Å²) in [7, 11) is 0. The molecule has 0 saturated heterocycles. The Bertz CT molecular complexity index is 741. The Hall–Kier alpha value is -1.82. The molecule has 1 aromatic rings. The molecule has 1 saturated carbocycles. The molecule has 2 bridgehead atoms. The Morgan fingerprint density at radius 2 is 1.75 bits per heavy atom. The van der Waals surface area contributed by atoms with E-state index in [9.17, 15) is 14.7 Å². The number of nitrogens with one attached hydrogen (secondary N) is 2. The van der Waals surface area contributed by atoms with Gasteiger partial charge >= 0.3 is 5.97 Å². The van der Waals surface area contributed by atoms with Crippen molar-refractivity contribution in [3.8, 4) is 0 Å². The number of hydrogen-bond acceptors (Lipinski definition) is 3. The number of carbonyl (C=O) groups excluding carboxylic acids is 1. The second-order valence-corrected chi connectivity index (χ2v) is 8.29. The predicted molar refractivity (Wildman–Crippen MR) is 94.0 cm³/mol. The maximum atomic E-state index is 12.3. The second-order valence-electron chi connectivity index (χ2n) is 7.38. The molecule has 2 aliphatic carbocycles. The Labute approximate surface area is 149 Å². The van der Waals surface area contributed by atoms with Gasteiger partial charge in [0.25, 0.3) is 5.91 Å². The van der Waals surface area contributed by atoms with Gasteiger partial charge in [-0.2, -0.15) is 0 Å². The lowest BCUT2D eigenvalue weighted by molar-refractivity contribution is -0.151. The Morgan fingerprint density at radius 3 is 2.29 bits per heavy atom. The molecule has 128 valence electrons. The molecule has 6 heteroatoms. The normalized spacial score (nSPS) is 29.9. The summed E-state index contributed by atoms with van der Waals surface area (Å²) in [4.78, 5) is 24.2. The van der Waals surface area contributed by atoms with Crippen LogP contribution >= 0.6 is 15.9 Å². The van der Waals surface area contributed by atoms with Crippen molar-refractivity contribution in [2.45, 2.75) is 33.6 Å². The van der Waals surface area contributed by atoms with Gasteiger partial charge in [0.2, 0.25) is 0 Å². The number of amides is 1. The number of fused-ring (bicyclic) bond motifs is 2. The van der Waals surface area contributed by atoms with E-state index in [1.807, 2.05) is 13.8 Å². The molecule has 0 aromatic heterocycles. The number of rotatable bonds is 4. The largest absolute Gasteiger partial charge is 0.481 e. The first-order chi connectivity index (χ1) is 11.1. The summed E-state index contributed by atoms with van der Waals surface area (Å²) in [5.41, 5.74) is 5.40. The highest BCUT2D eigenvalue weighted by Gasteiger charge is 2.69. The minimum Gasteiger partial charge on any atom is -0.481 e. The van der Waals surface area contributed by atoms with Crippen molar-refractivity contribution in [2.24, 2.45) is 16.2 Å². The molecule has 2 atom stereocenters. The fourth-order valence-corrected chi connectivity index (χ4v) is 4.37. The first kappa shape index (κ1) is 17.0. The number of hydrogen-bond donors (Lipinski definition) is 3. The lowest BCUT2D eigenvalue weighted by atomic mass is 9.63. The van der Waals surface area contributed by atoms with Gasteiger partial charge in [0.05, 0.1) is 5.41 Å². The molecule has 5 nitrogen and oxygen atoms in total. The highest BCUT2D eigenvalue weighted by atomic mass is 79.9. The number of hydrazine groups is 1. The molecule has 3 N–H and O–H groups in total. The molecule has 0 spiro atoms. The number of carbonyl (C=O) groups is 2. The summed E-state index contributed by atoms with van der Waals surface area (Å²) in [5.74, 6) is -1.05. The maximum absolute atomic E-state index is 12.3. The van der Waals surface area contributed by atoms with E-state index in [1.165, 1.54) is 0 Å². The molecule has 0 aliphatic heterocycles. The van der Waals surface area contributed by atoms with Crippen LogP contribution in [0.1, 0.15) is 44.0 Å². The SMILES string of the molecule is CC1(C)[C@]2(C)CC[C@@]1(C(=O)O)C=C2NNC(=O)c1ccc(Br)cc1. The van der Waals surface area contributed by atoms with E-state index >= 15 is 0 Å². The fourth-order valence-electron chi connectivity index (χ4n) is 4.10. The van der Waals surface area contributed by atoms with Crippen LogP contribution in [0.3, 0.4) is 0 Å². The van der Waals surface area contributed by atoms with Gasteiger partial charge in [-0.05, 0) is 48.6 Å². The number of halogens is 1. The molecular formula is C18H21BrN2O3. The molecule has 0 radical (unpaired) electrons. The van der Waals surface area contributed by atoms with Crippen LogP contribution in [0, 0.1) is 16.2 Å². The van der Waals surface area contributed by atoms with Crippen molar-refractivity contribution in [3.63, 3.8) is 0 Å². The fraction of sp³-hybridized carbons (Fsp3) is 0.444. The summed E-state index contributed by atoms with van der Waals surface area (Å²) in [6, 6.07) is 7.05. The van der Waals surface area contributed by atoms with E-state index in [0.717, 1.165) is 16.6 Å². The number of allylic oxidation sites excluding steroid dienone is 1. The van der Waals surface area contributed by atoms with E-state index in [0.29, 0.717) is 12.0 Å². The van der Waals surface area contributed by atoms with Gasteiger partial charge < -0.3 is 10.5 Å². The molecule has 0 heterocycles. The Morgan fingerprint density at radius 1 is 1.12 bits per heavy atom. The van der Waals surface area contributed by atoms with E-state index in [2.05, 4.69) is 33.7 Å². The van der Waals surface area contributed by atoms with Crippen LogP contribution in [-0.4, -0.2) is 17.0 Å². The van der Waals surface area contributed by atoms with Crippen LogP contribution in [0.4, 0.5) is 0 Å². The average Bonchev–Trinajstić information content (AvgIpc) is 2.83. The summed E-state index contributed by atoms with van der Waals surface area (Å²) in [5, 5.41) is 9.78. The zero-order chi connectivity index (χ0) is 17.8. The zero-order valence-electron chi connectivity index (χ0n) is 13.9. The van der Waals surface area contributed by atoms with Crippen LogP contribution < -0.4 is 10.9 Å². The Kier molecular flexibility index (Phi) is 3.79. The number of carboxylic acid groups (broad SMARTS) is 1. The van der Waals surface area contributed by atoms with Crippen molar-refractivity contribution >= 4 is 27.8 Å². The molecule has 1 fully saturated rings. The third-order valence-electron chi connectivity index (χ3n) is 6.30. The van der Waals surface area contributed by atoms with Crippen molar-refractivity contribution in [3.05, 3.63) is 46.1 Å². The van der Waals surface area contributed by atoms with Crippen molar-refractivity contribution < 1.29 is 14.7 Å². The van der Waals surface area contributed by atoms with Crippen LogP contribution in [0.25, 0.3) is 0 Å². The van der Waals surface area contributed by atoms with E-state index in [1.54, 1.807) is 30.3 Å². The van der Waals surface area contributed by atoms with Crippen LogP contribution in [0.2, 0.25) is 0 Å². The van der Waals surface area contributed by atoms with Crippen molar-refractivity contribution in [1.82, 2.24) is 10.9 Å². The number of carboxylic acids is 1. The molecule has 24 heavy (non-hydrogen) atoms. The maximum Gasteiger partial charge on any atom is 0.314 e. The zero-order valence-corrected chi connectivity index (χ0v) is 15.5. The van der Waals surface area contributed by atoms with Gasteiger partial charge in [0.1, 0.15) is 0 Å². The molecule has 0 unspecified atom stereocenters. The van der Waals surface area contributed by atoms with Crippen LogP contribution in [-0.2, 0) is 4.79 Å². The lowest BCUT2D eigenvalue weighted by Gasteiger charge is -2.40. The third-order valence-corrected chi connectivity index (χ3v) is 6.83. The average molecular weight is 393 g/mol.